The molecule has 3 aromatic rings. The van der Waals surface area contributed by atoms with Crippen LogP contribution in [0, 0.1) is 13.8 Å². The molecule has 5 nitrogen and oxygen atoms in total. The van der Waals surface area contributed by atoms with Gasteiger partial charge in [0.1, 0.15) is 5.75 Å². The highest BCUT2D eigenvalue weighted by molar-refractivity contribution is 7.80. The van der Waals surface area contributed by atoms with Crippen molar-refractivity contribution in [2.45, 2.75) is 25.9 Å². The molecule has 2 atom stereocenters. The smallest absolute Gasteiger partial charge is 0.169 e. The van der Waals surface area contributed by atoms with E-state index < -0.39 is 0 Å². The molecule has 0 saturated carbocycles. The summed E-state index contributed by atoms with van der Waals surface area (Å²) in [5, 5.41) is 15.1. The maximum absolute atomic E-state index is 10.4. The average molecular weight is 413 g/mol. The number of aromatic hydroxyl groups is 1. The number of rotatable bonds is 3. The molecule has 1 aliphatic rings. The van der Waals surface area contributed by atoms with Crippen LogP contribution in [-0.2, 0) is 0 Å². The van der Waals surface area contributed by atoms with E-state index in [1.54, 1.807) is 24.4 Å². The van der Waals surface area contributed by atoms with Crippen LogP contribution in [0.2, 0.25) is 5.02 Å². The first-order chi connectivity index (χ1) is 13.4. The Labute approximate surface area is 174 Å². The minimum absolute atomic E-state index is 0.0105. The zero-order valence-corrected chi connectivity index (χ0v) is 17.4. The predicted octanol–water partition coefficient (Wildman–Crippen LogP) is 4.45. The van der Waals surface area contributed by atoms with Crippen LogP contribution in [0.3, 0.4) is 0 Å². The number of likely N-dealkylation sites (N-methyl/N-ethyl adjacent to an activating group) is 1. The monoisotopic (exact) mass is 412 g/mol. The van der Waals surface area contributed by atoms with Crippen LogP contribution >= 0.6 is 23.8 Å². The summed E-state index contributed by atoms with van der Waals surface area (Å²) in [7, 11) is 1.99. The Kier molecular flexibility index (Phi) is 4.77. The summed E-state index contributed by atoms with van der Waals surface area (Å²) in [6, 6.07) is 13.0. The fourth-order valence-electron chi connectivity index (χ4n) is 3.98. The van der Waals surface area contributed by atoms with Crippen LogP contribution in [0.4, 0.5) is 0 Å². The third-order valence-electron chi connectivity index (χ3n) is 5.31. The minimum Gasteiger partial charge on any atom is -0.506 e. The molecule has 28 heavy (non-hydrogen) atoms. The quantitative estimate of drug-likeness (QED) is 0.622. The van der Waals surface area contributed by atoms with Gasteiger partial charge in [0.15, 0.2) is 5.11 Å². The molecule has 0 bridgehead atoms. The van der Waals surface area contributed by atoms with Crippen LogP contribution in [0.5, 0.6) is 5.75 Å². The Hall–Kier alpha value is -2.57. The molecule has 0 radical (unpaired) electrons. The zero-order chi connectivity index (χ0) is 20.0. The van der Waals surface area contributed by atoms with Crippen LogP contribution < -0.4 is 5.32 Å². The average Bonchev–Trinajstić information content (AvgIpc) is 3.13. The van der Waals surface area contributed by atoms with Crippen molar-refractivity contribution in [3.8, 4) is 11.4 Å². The number of aromatic nitrogens is 2. The Balaban J connectivity index is 1.85. The highest BCUT2D eigenvalue weighted by Crippen LogP contribution is 2.41. The van der Waals surface area contributed by atoms with Crippen molar-refractivity contribution in [3.05, 3.63) is 76.3 Å². The summed E-state index contributed by atoms with van der Waals surface area (Å²) >= 11 is 11.7. The Morgan fingerprint density at radius 3 is 2.68 bits per heavy atom. The molecule has 0 unspecified atom stereocenters. The van der Waals surface area contributed by atoms with Gasteiger partial charge >= 0.3 is 0 Å². The van der Waals surface area contributed by atoms with E-state index in [2.05, 4.69) is 21.3 Å². The molecule has 7 heteroatoms. The lowest BCUT2D eigenvalue weighted by Gasteiger charge is -2.24. The number of thiocarbonyl (C=S) groups is 1. The number of nitrogens with zero attached hydrogens (tertiary/aromatic N) is 3. The van der Waals surface area contributed by atoms with Gasteiger partial charge in [-0.1, -0.05) is 17.7 Å². The summed E-state index contributed by atoms with van der Waals surface area (Å²) in [5.74, 6) is 0.187. The van der Waals surface area contributed by atoms with Crippen LogP contribution in [0.1, 0.15) is 34.7 Å². The van der Waals surface area contributed by atoms with Crippen LogP contribution in [0.25, 0.3) is 5.69 Å². The van der Waals surface area contributed by atoms with Gasteiger partial charge in [0, 0.05) is 29.7 Å². The van der Waals surface area contributed by atoms with Crippen LogP contribution in [0.15, 0.2) is 48.7 Å². The molecule has 0 amide bonds. The maximum Gasteiger partial charge on any atom is 0.169 e. The molecule has 2 aromatic heterocycles. The number of pyridine rings is 1. The Morgan fingerprint density at radius 1 is 1.18 bits per heavy atom. The molecule has 1 aromatic carbocycles. The van der Waals surface area contributed by atoms with E-state index in [1.807, 2.05) is 43.7 Å². The summed E-state index contributed by atoms with van der Waals surface area (Å²) in [5.41, 5.74) is 4.77. The van der Waals surface area contributed by atoms with Crippen molar-refractivity contribution in [1.29, 1.82) is 0 Å². The highest BCUT2D eigenvalue weighted by Gasteiger charge is 2.39. The van der Waals surface area contributed by atoms with Gasteiger partial charge in [-0.05, 0) is 68.0 Å². The van der Waals surface area contributed by atoms with E-state index in [9.17, 15) is 5.11 Å². The first-order valence-corrected chi connectivity index (χ1v) is 9.79. The molecule has 0 spiro atoms. The number of nitrogens with one attached hydrogen (secondary N) is 1. The number of hydrogen-bond donors (Lipinski definition) is 2. The molecular formula is C21H21ClN4OS. The molecule has 2 N–H and O–H groups in total. The number of aryl methyl sites for hydroxylation is 1. The Bertz CT molecular complexity index is 1050. The largest absolute Gasteiger partial charge is 0.506 e. The van der Waals surface area contributed by atoms with Crippen molar-refractivity contribution in [2.24, 2.45) is 0 Å². The van der Waals surface area contributed by atoms with Gasteiger partial charge < -0.3 is 19.9 Å². The van der Waals surface area contributed by atoms with Gasteiger partial charge in [0.05, 0.1) is 23.5 Å². The van der Waals surface area contributed by atoms with Crippen LogP contribution in [-0.4, -0.2) is 31.7 Å². The molecule has 144 valence electrons. The fourth-order valence-corrected chi connectivity index (χ4v) is 4.39. The SMILES string of the molecule is Cc1cc([C@H]2[C@@H](c3ccccn3)NC(=S)N2C)c(C)n1-c1cc(Cl)ccc1O. The predicted molar refractivity (Wildman–Crippen MR) is 115 cm³/mol. The second-order valence-corrected chi connectivity index (χ2v) is 7.86. The van der Waals surface area contributed by atoms with Gasteiger partial charge in [0.2, 0.25) is 0 Å². The molecule has 4 rings (SSSR count). The lowest BCUT2D eigenvalue weighted by Crippen LogP contribution is -2.25. The standard InChI is InChI=1S/C21H21ClN4OS/c1-12-10-15(13(2)26(12)17-11-14(22)7-8-18(17)27)20-19(24-21(28)25(20)3)16-6-4-5-9-23-16/h4-11,19-20,27H,1-3H3,(H,24,28)/t19-,20+/m1/s1. The Morgan fingerprint density at radius 2 is 1.96 bits per heavy atom. The number of benzene rings is 1. The summed E-state index contributed by atoms with van der Waals surface area (Å²) < 4.78 is 2.03. The first kappa shape index (κ1) is 18.8. The van der Waals surface area contributed by atoms with Gasteiger partial charge in [0.25, 0.3) is 0 Å². The molecule has 1 saturated heterocycles. The first-order valence-electron chi connectivity index (χ1n) is 9.00. The highest BCUT2D eigenvalue weighted by atomic mass is 35.5. The third kappa shape index (κ3) is 3.02. The third-order valence-corrected chi connectivity index (χ3v) is 5.95. The number of phenols is 1. The number of halogens is 1. The van der Waals surface area contributed by atoms with Crippen molar-refractivity contribution in [1.82, 2.24) is 19.8 Å². The van der Waals surface area contributed by atoms with Crippen molar-refractivity contribution in [2.75, 3.05) is 7.05 Å². The fraction of sp³-hybridized carbons (Fsp3) is 0.238. The second-order valence-electron chi connectivity index (χ2n) is 7.03. The van der Waals surface area contributed by atoms with Gasteiger partial charge in [-0.2, -0.15) is 0 Å². The zero-order valence-electron chi connectivity index (χ0n) is 15.8. The van der Waals surface area contributed by atoms with E-state index >= 15 is 0 Å². The van der Waals surface area contributed by atoms with Crippen molar-refractivity contribution >= 4 is 28.9 Å². The van der Waals surface area contributed by atoms with E-state index in [4.69, 9.17) is 23.8 Å². The summed E-state index contributed by atoms with van der Waals surface area (Å²) in [6.45, 7) is 4.07. The van der Waals surface area contributed by atoms with Gasteiger partial charge in [-0.25, -0.2) is 0 Å². The van der Waals surface area contributed by atoms with Gasteiger partial charge in [-0.3, -0.25) is 4.98 Å². The van der Waals surface area contributed by atoms with E-state index in [1.165, 1.54) is 0 Å². The molecule has 1 aliphatic heterocycles. The number of phenolic OH excluding ortho intramolecular Hbond substituents is 1. The lowest BCUT2D eigenvalue weighted by molar-refractivity contribution is 0.367. The normalized spacial score (nSPS) is 19.1. The summed E-state index contributed by atoms with van der Waals surface area (Å²) in [4.78, 5) is 6.60. The molecule has 0 aliphatic carbocycles. The topological polar surface area (TPSA) is 53.3 Å². The van der Waals surface area contributed by atoms with E-state index in [-0.39, 0.29) is 17.8 Å². The number of hydrogen-bond acceptors (Lipinski definition) is 3. The molecular weight excluding hydrogens is 392 g/mol. The van der Waals surface area contributed by atoms with Gasteiger partial charge in [-0.15, -0.1) is 0 Å². The summed E-state index contributed by atoms with van der Waals surface area (Å²) in [6.07, 6.45) is 1.79. The molecule has 1 fully saturated rings. The van der Waals surface area contributed by atoms with E-state index in [0.29, 0.717) is 15.8 Å². The van der Waals surface area contributed by atoms with Crippen molar-refractivity contribution < 1.29 is 5.11 Å². The lowest BCUT2D eigenvalue weighted by atomic mass is 9.97. The minimum atomic E-state index is -0.0550. The molecule has 3 heterocycles. The maximum atomic E-state index is 10.4. The van der Waals surface area contributed by atoms with Crippen molar-refractivity contribution in [3.63, 3.8) is 0 Å². The second kappa shape index (κ2) is 7.11. The van der Waals surface area contributed by atoms with E-state index in [0.717, 1.165) is 22.6 Å².